The molecule has 0 aliphatic carbocycles. The lowest BCUT2D eigenvalue weighted by Gasteiger charge is -2.03. The van der Waals surface area contributed by atoms with Gasteiger partial charge in [-0.1, -0.05) is 12.1 Å². The van der Waals surface area contributed by atoms with Crippen LogP contribution in [0, 0.1) is 0 Å². The van der Waals surface area contributed by atoms with E-state index in [9.17, 15) is 4.79 Å². The third-order valence-corrected chi connectivity index (χ3v) is 3.47. The van der Waals surface area contributed by atoms with Gasteiger partial charge in [-0.15, -0.1) is 0 Å². The number of hydrogen-bond acceptors (Lipinski definition) is 4. The van der Waals surface area contributed by atoms with Gasteiger partial charge in [0.1, 0.15) is 5.69 Å². The van der Waals surface area contributed by atoms with E-state index in [1.54, 1.807) is 35.3 Å². The van der Waals surface area contributed by atoms with E-state index in [-0.39, 0.29) is 12.2 Å². The Hall–Kier alpha value is -2.99. The van der Waals surface area contributed by atoms with Gasteiger partial charge in [0.25, 0.3) is 0 Å². The van der Waals surface area contributed by atoms with Crippen LogP contribution in [0.15, 0.2) is 55.0 Å². The van der Waals surface area contributed by atoms with Gasteiger partial charge in [0.05, 0.1) is 18.7 Å². The molecule has 23 heavy (non-hydrogen) atoms. The van der Waals surface area contributed by atoms with Crippen molar-refractivity contribution in [3.8, 4) is 22.4 Å². The zero-order valence-electron chi connectivity index (χ0n) is 12.3. The van der Waals surface area contributed by atoms with Crippen LogP contribution in [0.4, 0.5) is 0 Å². The summed E-state index contributed by atoms with van der Waals surface area (Å²) in [5.41, 5.74) is 3.41. The van der Waals surface area contributed by atoms with E-state index in [2.05, 4.69) is 10.1 Å². The molecular formula is C17H15N3O3. The molecule has 2 heterocycles. The number of carbonyl (C=O) groups is 1. The van der Waals surface area contributed by atoms with Gasteiger partial charge in [-0.25, -0.2) is 4.79 Å². The Morgan fingerprint density at radius 3 is 2.61 bits per heavy atom. The first-order valence-corrected chi connectivity index (χ1v) is 7.11. The molecule has 1 aromatic carbocycles. The minimum Gasteiger partial charge on any atom is -0.478 e. The molecular weight excluding hydrogens is 294 g/mol. The fourth-order valence-corrected chi connectivity index (χ4v) is 2.39. The van der Waals surface area contributed by atoms with E-state index < -0.39 is 5.97 Å². The van der Waals surface area contributed by atoms with Crippen LogP contribution in [0.2, 0.25) is 0 Å². The summed E-state index contributed by atoms with van der Waals surface area (Å²) in [6, 6.07) is 10.4. The number of aromatic carboxylic acids is 1. The topological polar surface area (TPSA) is 88.2 Å². The Morgan fingerprint density at radius 1 is 1.13 bits per heavy atom. The van der Waals surface area contributed by atoms with Crippen LogP contribution >= 0.6 is 0 Å². The number of pyridine rings is 1. The van der Waals surface area contributed by atoms with Crippen LogP contribution in [0.5, 0.6) is 0 Å². The molecule has 3 aromatic rings. The van der Waals surface area contributed by atoms with E-state index in [0.717, 1.165) is 22.4 Å². The number of benzene rings is 1. The van der Waals surface area contributed by atoms with E-state index in [4.69, 9.17) is 10.2 Å². The van der Waals surface area contributed by atoms with Crippen molar-refractivity contribution in [1.29, 1.82) is 0 Å². The quantitative estimate of drug-likeness (QED) is 0.755. The van der Waals surface area contributed by atoms with Crippen LogP contribution in [0.25, 0.3) is 22.4 Å². The number of hydrogen-bond donors (Lipinski definition) is 2. The monoisotopic (exact) mass is 309 g/mol. The van der Waals surface area contributed by atoms with Gasteiger partial charge >= 0.3 is 5.97 Å². The average Bonchev–Trinajstić information content (AvgIpc) is 3.00. The van der Waals surface area contributed by atoms with Gasteiger partial charge in [0, 0.05) is 29.7 Å². The van der Waals surface area contributed by atoms with Gasteiger partial charge < -0.3 is 10.2 Å². The number of carboxylic acid groups (broad SMARTS) is 1. The molecule has 6 nitrogen and oxygen atoms in total. The predicted octanol–water partition coefficient (Wildman–Crippen LogP) is 2.30. The van der Waals surface area contributed by atoms with Crippen molar-refractivity contribution >= 4 is 5.97 Å². The molecule has 0 saturated carbocycles. The maximum Gasteiger partial charge on any atom is 0.335 e. The summed E-state index contributed by atoms with van der Waals surface area (Å²) in [6.45, 7) is 0.350. The van der Waals surface area contributed by atoms with Gasteiger partial charge in [-0.3, -0.25) is 9.67 Å². The van der Waals surface area contributed by atoms with Gasteiger partial charge in [-0.05, 0) is 29.8 Å². The minimum atomic E-state index is -0.972. The van der Waals surface area contributed by atoms with Crippen LogP contribution in [0.3, 0.4) is 0 Å². The summed E-state index contributed by atoms with van der Waals surface area (Å²) in [7, 11) is 0. The van der Waals surface area contributed by atoms with Crippen molar-refractivity contribution in [3.63, 3.8) is 0 Å². The Kier molecular flexibility index (Phi) is 4.16. The molecule has 0 amide bonds. The number of aliphatic hydroxyl groups excluding tert-OH is 1. The van der Waals surface area contributed by atoms with Crippen LogP contribution in [-0.2, 0) is 6.54 Å². The number of aliphatic hydroxyl groups is 1. The molecule has 0 fully saturated rings. The van der Waals surface area contributed by atoms with E-state index in [0.29, 0.717) is 6.54 Å². The molecule has 6 heteroatoms. The van der Waals surface area contributed by atoms with Crippen molar-refractivity contribution in [3.05, 3.63) is 60.6 Å². The number of carboxylic acids is 1. The van der Waals surface area contributed by atoms with Crippen molar-refractivity contribution in [2.24, 2.45) is 0 Å². The van der Waals surface area contributed by atoms with Gasteiger partial charge in [0.15, 0.2) is 0 Å². The highest BCUT2D eigenvalue weighted by Crippen LogP contribution is 2.31. The Bertz CT molecular complexity index is 828. The van der Waals surface area contributed by atoms with Gasteiger partial charge in [-0.2, -0.15) is 5.10 Å². The molecule has 116 valence electrons. The number of aromatic nitrogens is 3. The highest BCUT2D eigenvalue weighted by molar-refractivity contribution is 5.90. The minimum absolute atomic E-state index is 0.0218. The molecule has 0 aliphatic heterocycles. The number of nitrogens with zero attached hydrogens (tertiary/aromatic N) is 3. The standard InChI is InChI=1S/C17H15N3O3/c21-9-8-20-11-15(13-2-1-3-14(10-13)17(22)23)16(19-20)12-4-6-18-7-5-12/h1-7,10-11,21H,8-9H2,(H,22,23). The second kappa shape index (κ2) is 6.41. The summed E-state index contributed by atoms with van der Waals surface area (Å²) in [6.07, 6.45) is 5.17. The molecule has 0 spiro atoms. The second-order valence-corrected chi connectivity index (χ2v) is 5.00. The van der Waals surface area contributed by atoms with Crippen molar-refractivity contribution in [2.75, 3.05) is 6.61 Å². The van der Waals surface area contributed by atoms with Crippen LogP contribution in [-0.4, -0.2) is 37.6 Å². The SMILES string of the molecule is O=C(O)c1cccc(-c2cn(CCO)nc2-c2ccncc2)c1. The first-order valence-electron chi connectivity index (χ1n) is 7.11. The fourth-order valence-electron chi connectivity index (χ4n) is 2.39. The molecule has 0 aliphatic rings. The highest BCUT2D eigenvalue weighted by Gasteiger charge is 2.14. The first-order chi connectivity index (χ1) is 11.2. The van der Waals surface area contributed by atoms with Crippen molar-refractivity contribution < 1.29 is 15.0 Å². The van der Waals surface area contributed by atoms with E-state index in [1.807, 2.05) is 24.4 Å². The first kappa shape index (κ1) is 14.9. The summed E-state index contributed by atoms with van der Waals surface area (Å²) in [5.74, 6) is -0.972. The van der Waals surface area contributed by atoms with E-state index >= 15 is 0 Å². The summed E-state index contributed by atoms with van der Waals surface area (Å²) < 4.78 is 1.65. The Balaban J connectivity index is 2.14. The lowest BCUT2D eigenvalue weighted by molar-refractivity contribution is 0.0697. The second-order valence-electron chi connectivity index (χ2n) is 5.00. The van der Waals surface area contributed by atoms with Crippen molar-refractivity contribution in [2.45, 2.75) is 6.54 Å². The third-order valence-electron chi connectivity index (χ3n) is 3.47. The maximum atomic E-state index is 11.2. The lowest BCUT2D eigenvalue weighted by Crippen LogP contribution is -2.02. The molecule has 0 bridgehead atoms. The summed E-state index contributed by atoms with van der Waals surface area (Å²) in [4.78, 5) is 15.2. The average molecular weight is 309 g/mol. The largest absolute Gasteiger partial charge is 0.478 e. The van der Waals surface area contributed by atoms with Crippen molar-refractivity contribution in [1.82, 2.24) is 14.8 Å². The zero-order valence-corrected chi connectivity index (χ0v) is 12.3. The lowest BCUT2D eigenvalue weighted by atomic mass is 10.0. The normalized spacial score (nSPS) is 10.7. The third kappa shape index (κ3) is 3.12. The fraction of sp³-hybridized carbons (Fsp3) is 0.118. The smallest absolute Gasteiger partial charge is 0.335 e. The Labute approximate surface area is 132 Å². The van der Waals surface area contributed by atoms with Crippen LogP contribution in [0.1, 0.15) is 10.4 Å². The van der Waals surface area contributed by atoms with Gasteiger partial charge in [0.2, 0.25) is 0 Å². The summed E-state index contributed by atoms with van der Waals surface area (Å²) >= 11 is 0. The zero-order chi connectivity index (χ0) is 16.2. The van der Waals surface area contributed by atoms with E-state index in [1.165, 1.54) is 0 Å². The number of rotatable bonds is 5. The molecule has 0 saturated heterocycles. The summed E-state index contributed by atoms with van der Waals surface area (Å²) in [5, 5.41) is 22.8. The predicted molar refractivity (Wildman–Crippen MR) is 84.9 cm³/mol. The molecule has 2 aromatic heterocycles. The molecule has 0 unspecified atom stereocenters. The molecule has 0 radical (unpaired) electrons. The van der Waals surface area contributed by atoms with Crippen LogP contribution < -0.4 is 0 Å². The maximum absolute atomic E-state index is 11.2. The molecule has 3 rings (SSSR count). The molecule has 0 atom stereocenters. The Morgan fingerprint density at radius 2 is 1.91 bits per heavy atom. The molecule has 2 N–H and O–H groups in total. The highest BCUT2D eigenvalue weighted by atomic mass is 16.4.